The van der Waals surface area contributed by atoms with Gasteiger partial charge < -0.3 is 9.15 Å². The lowest BCUT2D eigenvalue weighted by Crippen LogP contribution is -1.92. The van der Waals surface area contributed by atoms with Crippen molar-refractivity contribution < 1.29 is 13.9 Å². The Morgan fingerprint density at radius 2 is 1.94 bits per heavy atom. The van der Waals surface area contributed by atoms with Crippen LogP contribution in [0.1, 0.15) is 31.4 Å². The Hall–Kier alpha value is -1.77. The largest absolute Gasteiger partial charge is 0.468 e. The van der Waals surface area contributed by atoms with Crippen LogP contribution >= 0.6 is 0 Å². The van der Waals surface area contributed by atoms with Gasteiger partial charge in [0.25, 0.3) is 0 Å². The molecular formula is C15H17O3. The van der Waals surface area contributed by atoms with Gasteiger partial charge in [0.2, 0.25) is 0 Å². The molecule has 1 aromatic heterocycles. The van der Waals surface area contributed by atoms with E-state index in [0.717, 1.165) is 37.9 Å². The van der Waals surface area contributed by atoms with E-state index in [1.807, 2.05) is 18.4 Å². The van der Waals surface area contributed by atoms with Gasteiger partial charge in [0.15, 0.2) is 0 Å². The summed E-state index contributed by atoms with van der Waals surface area (Å²) in [6.45, 7) is 1.92. The second kappa shape index (κ2) is 6.84. The highest BCUT2D eigenvalue weighted by atomic mass is 16.5. The fraction of sp³-hybridized carbons (Fsp3) is 0.400. The molecule has 0 amide bonds. The van der Waals surface area contributed by atoms with E-state index in [-0.39, 0.29) is 0 Å². The van der Waals surface area contributed by atoms with Crippen molar-refractivity contribution in [3.63, 3.8) is 0 Å². The number of hydrogen-bond acceptors (Lipinski definition) is 3. The number of fused-ring (bicyclic) bond motifs is 1. The molecule has 0 aliphatic heterocycles. The average molecular weight is 245 g/mol. The number of carbonyl (C=O) groups excluding carboxylic acids is 1. The van der Waals surface area contributed by atoms with Gasteiger partial charge in [-0.1, -0.05) is 37.1 Å². The van der Waals surface area contributed by atoms with Crippen molar-refractivity contribution in [2.75, 3.05) is 6.61 Å². The molecule has 3 heteroatoms. The molecule has 0 atom stereocenters. The third-order valence-electron chi connectivity index (χ3n) is 3.05. The molecule has 0 aliphatic rings. The van der Waals surface area contributed by atoms with Crippen LogP contribution in [0.3, 0.4) is 0 Å². The van der Waals surface area contributed by atoms with Crippen molar-refractivity contribution in [3.8, 4) is 0 Å². The summed E-state index contributed by atoms with van der Waals surface area (Å²) in [7, 11) is 0. The molecule has 1 radical (unpaired) electrons. The fourth-order valence-electron chi connectivity index (χ4n) is 2.10. The Bertz CT molecular complexity index is 487. The van der Waals surface area contributed by atoms with E-state index in [9.17, 15) is 4.79 Å². The van der Waals surface area contributed by atoms with Crippen molar-refractivity contribution in [2.45, 2.75) is 32.1 Å². The highest BCUT2D eigenvalue weighted by Crippen LogP contribution is 2.22. The molecular weight excluding hydrogens is 228 g/mol. The van der Waals surface area contributed by atoms with Crippen molar-refractivity contribution >= 4 is 17.2 Å². The molecule has 1 heterocycles. The van der Waals surface area contributed by atoms with E-state index < -0.39 is 0 Å². The molecule has 0 bridgehead atoms. The molecule has 0 aliphatic carbocycles. The Morgan fingerprint density at radius 1 is 1.11 bits per heavy atom. The van der Waals surface area contributed by atoms with Crippen molar-refractivity contribution in [3.05, 3.63) is 36.3 Å². The molecule has 0 N–H and O–H groups in total. The zero-order valence-corrected chi connectivity index (χ0v) is 10.4. The van der Waals surface area contributed by atoms with E-state index in [1.165, 1.54) is 17.2 Å². The minimum absolute atomic E-state index is 0.479. The second-order valence-corrected chi connectivity index (χ2v) is 4.34. The van der Waals surface area contributed by atoms with E-state index in [1.54, 1.807) is 0 Å². The van der Waals surface area contributed by atoms with Crippen molar-refractivity contribution in [1.29, 1.82) is 0 Å². The number of unbranched alkanes of at least 4 members (excludes halogenated alkanes) is 3. The lowest BCUT2D eigenvalue weighted by atomic mass is 10.1. The summed E-state index contributed by atoms with van der Waals surface area (Å²) in [4.78, 5) is 9.81. The molecule has 1 aromatic carbocycles. The number of aryl methyl sites for hydroxylation is 1. The summed E-state index contributed by atoms with van der Waals surface area (Å²) in [5, 5.41) is 2.39. The molecule has 2 aromatic rings. The number of hydrogen-bond donors (Lipinski definition) is 0. The molecule has 0 spiro atoms. The Kier molecular flexibility index (Phi) is 4.82. The quantitative estimate of drug-likeness (QED) is 0.667. The molecule has 0 fully saturated rings. The first-order valence-electron chi connectivity index (χ1n) is 6.36. The maximum Gasteiger partial charge on any atom is 0.417 e. The summed E-state index contributed by atoms with van der Waals surface area (Å²) >= 11 is 0. The lowest BCUT2D eigenvalue weighted by molar-refractivity contribution is 0.268. The Balaban J connectivity index is 1.72. The number of ether oxygens (including phenoxy) is 1. The minimum atomic E-state index is 0.479. The van der Waals surface area contributed by atoms with Gasteiger partial charge in [-0.05, 0) is 12.8 Å². The van der Waals surface area contributed by atoms with Gasteiger partial charge in [-0.3, -0.25) is 0 Å². The van der Waals surface area contributed by atoms with E-state index >= 15 is 0 Å². The van der Waals surface area contributed by atoms with Gasteiger partial charge in [-0.25, -0.2) is 4.79 Å². The van der Waals surface area contributed by atoms with Crippen LogP contribution in [-0.4, -0.2) is 13.1 Å². The summed E-state index contributed by atoms with van der Waals surface area (Å²) in [6.07, 6.45) is 6.99. The zero-order chi connectivity index (χ0) is 12.6. The smallest absolute Gasteiger partial charge is 0.417 e. The average Bonchev–Trinajstić information content (AvgIpc) is 2.81. The molecule has 0 saturated heterocycles. The van der Waals surface area contributed by atoms with Gasteiger partial charge in [0.1, 0.15) is 5.76 Å². The Morgan fingerprint density at radius 3 is 2.83 bits per heavy atom. The monoisotopic (exact) mass is 245 g/mol. The number of furan rings is 1. The van der Waals surface area contributed by atoms with E-state index in [4.69, 9.17) is 4.42 Å². The van der Waals surface area contributed by atoms with Crippen LogP contribution in [0.15, 0.2) is 34.9 Å². The zero-order valence-electron chi connectivity index (χ0n) is 10.4. The molecule has 95 valence electrons. The van der Waals surface area contributed by atoms with Gasteiger partial charge in [0, 0.05) is 17.2 Å². The predicted molar refractivity (Wildman–Crippen MR) is 70.0 cm³/mol. The molecule has 0 unspecified atom stereocenters. The molecule has 3 nitrogen and oxygen atoms in total. The van der Waals surface area contributed by atoms with Crippen molar-refractivity contribution in [1.82, 2.24) is 0 Å². The first-order chi connectivity index (χ1) is 8.92. The summed E-state index contributed by atoms with van der Waals surface area (Å²) < 4.78 is 10.1. The highest BCUT2D eigenvalue weighted by Gasteiger charge is 2.04. The minimum Gasteiger partial charge on any atom is -0.468 e. The maximum atomic E-state index is 9.81. The van der Waals surface area contributed by atoms with Gasteiger partial charge in [-0.15, -0.1) is 0 Å². The topological polar surface area (TPSA) is 39.4 Å². The maximum absolute atomic E-state index is 9.81. The van der Waals surface area contributed by atoms with Crippen LogP contribution in [0.4, 0.5) is 0 Å². The third kappa shape index (κ3) is 3.36. The lowest BCUT2D eigenvalue weighted by Gasteiger charge is -2.00. The van der Waals surface area contributed by atoms with E-state index in [0.29, 0.717) is 6.61 Å². The number of rotatable bonds is 8. The highest BCUT2D eigenvalue weighted by molar-refractivity contribution is 5.83. The number of benzene rings is 1. The third-order valence-corrected chi connectivity index (χ3v) is 3.05. The molecule has 0 saturated carbocycles. The van der Waals surface area contributed by atoms with Crippen LogP contribution in [0.5, 0.6) is 0 Å². The second-order valence-electron chi connectivity index (χ2n) is 4.34. The van der Waals surface area contributed by atoms with Crippen LogP contribution in [0.25, 0.3) is 10.8 Å². The van der Waals surface area contributed by atoms with Crippen LogP contribution < -0.4 is 0 Å². The first-order valence-corrected chi connectivity index (χ1v) is 6.36. The predicted octanol–water partition coefficient (Wildman–Crippen LogP) is 3.62. The van der Waals surface area contributed by atoms with Gasteiger partial charge in [-0.2, -0.15) is 0 Å². The van der Waals surface area contributed by atoms with Crippen LogP contribution in [-0.2, 0) is 16.0 Å². The fourth-order valence-corrected chi connectivity index (χ4v) is 2.10. The summed E-state index contributed by atoms with van der Waals surface area (Å²) in [5.74, 6) is 1.07. The van der Waals surface area contributed by atoms with Crippen LogP contribution in [0, 0.1) is 0 Å². The van der Waals surface area contributed by atoms with Gasteiger partial charge >= 0.3 is 6.47 Å². The summed E-state index contributed by atoms with van der Waals surface area (Å²) in [6, 6.07) is 8.22. The first kappa shape index (κ1) is 12.7. The standard InChI is InChI=1S/C15H17O3/c16-12-17-10-6-2-1-3-9-15-14-8-5-4-7-13(14)11-18-15/h4-5,7-8,11H,1-3,6,9-10H2. The van der Waals surface area contributed by atoms with E-state index in [2.05, 4.69) is 16.9 Å². The van der Waals surface area contributed by atoms with Crippen molar-refractivity contribution in [2.24, 2.45) is 0 Å². The van der Waals surface area contributed by atoms with Gasteiger partial charge in [0.05, 0.1) is 12.9 Å². The SMILES string of the molecule is O=[C]OCCCCCCc1occ2ccccc12. The Labute approximate surface area is 107 Å². The summed E-state index contributed by atoms with van der Waals surface area (Å²) in [5.41, 5.74) is 0. The molecule has 18 heavy (non-hydrogen) atoms. The normalized spacial score (nSPS) is 10.7. The molecule has 2 rings (SSSR count). The van der Waals surface area contributed by atoms with Crippen LogP contribution in [0.2, 0.25) is 0 Å².